The molecule has 3 nitrogen and oxygen atoms in total. The Kier molecular flexibility index (Phi) is 2.97. The number of halogens is 1. The summed E-state index contributed by atoms with van der Waals surface area (Å²) in [7, 11) is 0. The predicted molar refractivity (Wildman–Crippen MR) is 74.6 cm³/mol. The van der Waals surface area contributed by atoms with Crippen LogP contribution in [0.3, 0.4) is 0 Å². The van der Waals surface area contributed by atoms with Gasteiger partial charge in [-0.15, -0.1) is 0 Å². The van der Waals surface area contributed by atoms with E-state index in [1.165, 1.54) is 12.1 Å². The summed E-state index contributed by atoms with van der Waals surface area (Å²) in [5, 5.41) is 0. The first-order valence-corrected chi connectivity index (χ1v) is 6.13. The minimum Gasteiger partial charge on any atom is -0.330 e. The van der Waals surface area contributed by atoms with Gasteiger partial charge in [-0.3, -0.25) is 4.98 Å². The quantitative estimate of drug-likeness (QED) is 0.693. The zero-order valence-corrected chi connectivity index (χ0v) is 10.7. The molecule has 5 heteroatoms. The van der Waals surface area contributed by atoms with Crippen LogP contribution in [0, 0.1) is 10.6 Å². The number of aromatic amines is 2. The molecule has 0 unspecified atom stereocenters. The van der Waals surface area contributed by atoms with Crippen LogP contribution in [0.4, 0.5) is 4.39 Å². The lowest BCUT2D eigenvalue weighted by Gasteiger charge is -2.03. The van der Waals surface area contributed by atoms with Crippen LogP contribution in [0.25, 0.3) is 22.5 Å². The number of nitrogens with one attached hydrogen (secondary N) is 2. The summed E-state index contributed by atoms with van der Waals surface area (Å²) in [5.74, 6) is -0.263. The van der Waals surface area contributed by atoms with Gasteiger partial charge in [-0.05, 0) is 48.6 Å². The number of imidazole rings is 1. The third-order valence-electron chi connectivity index (χ3n) is 2.81. The van der Waals surface area contributed by atoms with Crippen molar-refractivity contribution in [3.05, 3.63) is 59.4 Å². The fourth-order valence-electron chi connectivity index (χ4n) is 1.94. The number of aromatic nitrogens is 3. The zero-order chi connectivity index (χ0) is 13.2. The normalized spacial score (nSPS) is 10.6. The van der Waals surface area contributed by atoms with Gasteiger partial charge in [0.15, 0.2) is 4.77 Å². The lowest BCUT2D eigenvalue weighted by molar-refractivity contribution is 0.628. The molecule has 0 aliphatic carbocycles. The molecular formula is C14H10FN3S. The Hall–Kier alpha value is -2.27. The first-order chi connectivity index (χ1) is 9.24. The Morgan fingerprint density at radius 2 is 1.63 bits per heavy atom. The summed E-state index contributed by atoms with van der Waals surface area (Å²) < 4.78 is 13.5. The van der Waals surface area contributed by atoms with Crippen molar-refractivity contribution in [1.29, 1.82) is 0 Å². The van der Waals surface area contributed by atoms with Crippen LogP contribution in [0.5, 0.6) is 0 Å². The van der Waals surface area contributed by atoms with Crippen LogP contribution >= 0.6 is 12.2 Å². The van der Waals surface area contributed by atoms with E-state index in [9.17, 15) is 4.39 Å². The molecule has 0 amide bonds. The first-order valence-electron chi connectivity index (χ1n) is 5.72. The summed E-state index contributed by atoms with van der Waals surface area (Å²) in [5.41, 5.74) is 3.48. The van der Waals surface area contributed by atoms with Gasteiger partial charge < -0.3 is 9.97 Å². The zero-order valence-electron chi connectivity index (χ0n) is 9.85. The van der Waals surface area contributed by atoms with E-state index in [1.807, 2.05) is 12.1 Å². The Balaban J connectivity index is 2.17. The summed E-state index contributed by atoms with van der Waals surface area (Å²) in [4.78, 5) is 10.3. The lowest BCUT2D eigenvalue weighted by atomic mass is 10.1. The van der Waals surface area contributed by atoms with Crippen LogP contribution in [-0.2, 0) is 0 Å². The van der Waals surface area contributed by atoms with Crippen molar-refractivity contribution < 1.29 is 4.39 Å². The number of hydrogen-bond acceptors (Lipinski definition) is 2. The molecule has 3 rings (SSSR count). The Labute approximate surface area is 114 Å². The minimum atomic E-state index is -0.263. The van der Waals surface area contributed by atoms with E-state index in [0.29, 0.717) is 4.77 Å². The summed E-state index contributed by atoms with van der Waals surface area (Å²) in [6, 6.07) is 10.1. The van der Waals surface area contributed by atoms with Crippen LogP contribution in [0.15, 0.2) is 48.8 Å². The minimum absolute atomic E-state index is 0.263. The topological polar surface area (TPSA) is 44.5 Å². The van der Waals surface area contributed by atoms with Crippen LogP contribution in [-0.4, -0.2) is 15.0 Å². The molecule has 0 atom stereocenters. The molecule has 1 aromatic carbocycles. The maximum atomic E-state index is 13.0. The largest absolute Gasteiger partial charge is 0.330 e. The van der Waals surface area contributed by atoms with E-state index in [2.05, 4.69) is 15.0 Å². The molecule has 0 radical (unpaired) electrons. The molecule has 2 N–H and O–H groups in total. The molecule has 94 valence electrons. The second-order valence-corrected chi connectivity index (χ2v) is 4.49. The molecule has 2 heterocycles. The maximum Gasteiger partial charge on any atom is 0.175 e. The average Bonchev–Trinajstić information content (AvgIpc) is 2.83. The van der Waals surface area contributed by atoms with Crippen molar-refractivity contribution in [3.63, 3.8) is 0 Å². The fraction of sp³-hybridized carbons (Fsp3) is 0. The molecule has 0 aliphatic rings. The standard InChI is InChI=1S/C14H10FN3S/c15-11-5-3-9(4-6-11)12-13(18-14(19)17-12)10-2-1-7-16-8-10/h1-8H,(H2,17,18,19). The van der Waals surface area contributed by atoms with Crippen LogP contribution in [0.2, 0.25) is 0 Å². The van der Waals surface area contributed by atoms with Gasteiger partial charge in [0.05, 0.1) is 11.4 Å². The van der Waals surface area contributed by atoms with E-state index in [0.717, 1.165) is 22.5 Å². The Morgan fingerprint density at radius 1 is 0.947 bits per heavy atom. The van der Waals surface area contributed by atoms with Gasteiger partial charge in [0.25, 0.3) is 0 Å². The highest BCUT2D eigenvalue weighted by Crippen LogP contribution is 2.28. The number of hydrogen-bond donors (Lipinski definition) is 2. The van der Waals surface area contributed by atoms with Gasteiger partial charge in [-0.25, -0.2) is 4.39 Å². The highest BCUT2D eigenvalue weighted by molar-refractivity contribution is 7.71. The SMILES string of the molecule is Fc1ccc(-c2[nH]c(=S)[nH]c2-c2cccnc2)cc1. The number of nitrogens with zero attached hydrogens (tertiary/aromatic N) is 1. The molecule has 0 fully saturated rings. The lowest BCUT2D eigenvalue weighted by Crippen LogP contribution is -1.85. The second kappa shape index (κ2) is 4.78. The van der Waals surface area contributed by atoms with Crippen molar-refractivity contribution in [2.24, 2.45) is 0 Å². The molecule has 19 heavy (non-hydrogen) atoms. The third-order valence-corrected chi connectivity index (χ3v) is 3.01. The van der Waals surface area contributed by atoms with Gasteiger partial charge in [-0.1, -0.05) is 0 Å². The molecular weight excluding hydrogens is 261 g/mol. The highest BCUT2D eigenvalue weighted by atomic mass is 32.1. The predicted octanol–water partition coefficient (Wildman–Crippen LogP) is 3.94. The second-order valence-electron chi connectivity index (χ2n) is 4.08. The van der Waals surface area contributed by atoms with Crippen molar-refractivity contribution in [2.45, 2.75) is 0 Å². The van der Waals surface area contributed by atoms with E-state index in [-0.39, 0.29) is 5.82 Å². The van der Waals surface area contributed by atoms with Gasteiger partial charge in [0, 0.05) is 23.5 Å². The monoisotopic (exact) mass is 271 g/mol. The van der Waals surface area contributed by atoms with Gasteiger partial charge in [0.2, 0.25) is 0 Å². The highest BCUT2D eigenvalue weighted by Gasteiger charge is 2.10. The summed E-state index contributed by atoms with van der Waals surface area (Å²) in [6.45, 7) is 0. The van der Waals surface area contributed by atoms with Gasteiger partial charge in [0.1, 0.15) is 5.82 Å². The van der Waals surface area contributed by atoms with Crippen molar-refractivity contribution in [3.8, 4) is 22.5 Å². The van der Waals surface area contributed by atoms with Gasteiger partial charge >= 0.3 is 0 Å². The third kappa shape index (κ3) is 2.32. The average molecular weight is 271 g/mol. The van der Waals surface area contributed by atoms with E-state index in [4.69, 9.17) is 12.2 Å². The van der Waals surface area contributed by atoms with E-state index in [1.54, 1.807) is 24.5 Å². The number of H-pyrrole nitrogens is 2. The van der Waals surface area contributed by atoms with Gasteiger partial charge in [-0.2, -0.15) is 0 Å². The molecule has 2 aromatic heterocycles. The Bertz CT molecular complexity index is 744. The molecule has 0 saturated carbocycles. The smallest absolute Gasteiger partial charge is 0.175 e. The molecule has 0 saturated heterocycles. The van der Waals surface area contributed by atoms with Crippen LogP contribution in [0.1, 0.15) is 0 Å². The molecule has 3 aromatic rings. The number of benzene rings is 1. The van der Waals surface area contributed by atoms with Crippen molar-refractivity contribution >= 4 is 12.2 Å². The first kappa shape index (κ1) is 11.8. The van der Waals surface area contributed by atoms with E-state index >= 15 is 0 Å². The van der Waals surface area contributed by atoms with E-state index < -0.39 is 0 Å². The number of pyridine rings is 1. The summed E-state index contributed by atoms with van der Waals surface area (Å²) in [6.07, 6.45) is 3.46. The molecule has 0 aliphatic heterocycles. The maximum absolute atomic E-state index is 13.0. The fourth-order valence-corrected chi connectivity index (χ4v) is 2.15. The van der Waals surface area contributed by atoms with Crippen molar-refractivity contribution in [1.82, 2.24) is 15.0 Å². The molecule has 0 bridgehead atoms. The summed E-state index contributed by atoms with van der Waals surface area (Å²) >= 11 is 5.14. The Morgan fingerprint density at radius 3 is 2.26 bits per heavy atom. The van der Waals surface area contributed by atoms with Crippen LogP contribution < -0.4 is 0 Å². The van der Waals surface area contributed by atoms with Crippen molar-refractivity contribution in [2.75, 3.05) is 0 Å². The molecule has 0 spiro atoms. The number of rotatable bonds is 2.